The van der Waals surface area contributed by atoms with Gasteiger partial charge in [0.05, 0.1) is 4.92 Å². The molecule has 2 aromatic carbocycles. The molecule has 1 atom stereocenters. The van der Waals surface area contributed by atoms with Crippen LogP contribution in [0.3, 0.4) is 0 Å². The van der Waals surface area contributed by atoms with E-state index in [4.69, 9.17) is 10.5 Å². The SMILES string of the molecule is Cc1ccc([C@H](C)N)c(OCc2ccc([N+](=O)[O-])cc2)c1. The Morgan fingerprint density at radius 3 is 2.48 bits per heavy atom. The highest BCUT2D eigenvalue weighted by molar-refractivity contribution is 5.39. The van der Waals surface area contributed by atoms with Gasteiger partial charge in [0, 0.05) is 23.7 Å². The topological polar surface area (TPSA) is 78.4 Å². The van der Waals surface area contributed by atoms with Gasteiger partial charge in [-0.15, -0.1) is 0 Å². The van der Waals surface area contributed by atoms with E-state index in [-0.39, 0.29) is 11.7 Å². The van der Waals surface area contributed by atoms with E-state index in [1.807, 2.05) is 32.0 Å². The zero-order valence-corrected chi connectivity index (χ0v) is 12.1. The maximum Gasteiger partial charge on any atom is 0.269 e. The van der Waals surface area contributed by atoms with Crippen molar-refractivity contribution in [3.8, 4) is 5.75 Å². The summed E-state index contributed by atoms with van der Waals surface area (Å²) in [6.07, 6.45) is 0. The first-order chi connectivity index (χ1) is 9.97. The van der Waals surface area contributed by atoms with Gasteiger partial charge in [0.15, 0.2) is 0 Å². The molecule has 0 aliphatic rings. The van der Waals surface area contributed by atoms with Gasteiger partial charge in [0.2, 0.25) is 0 Å². The molecule has 0 heterocycles. The van der Waals surface area contributed by atoms with Crippen LogP contribution in [0.4, 0.5) is 5.69 Å². The van der Waals surface area contributed by atoms with E-state index in [1.54, 1.807) is 12.1 Å². The molecule has 0 aromatic heterocycles. The van der Waals surface area contributed by atoms with E-state index in [2.05, 4.69) is 0 Å². The number of ether oxygens (including phenoxy) is 1. The Morgan fingerprint density at radius 1 is 1.24 bits per heavy atom. The van der Waals surface area contributed by atoms with Crippen molar-refractivity contribution in [1.82, 2.24) is 0 Å². The molecule has 5 nitrogen and oxygen atoms in total. The summed E-state index contributed by atoms with van der Waals surface area (Å²) in [6, 6.07) is 12.1. The lowest BCUT2D eigenvalue weighted by atomic mass is 10.1. The minimum atomic E-state index is -0.417. The van der Waals surface area contributed by atoms with Crippen molar-refractivity contribution in [3.05, 3.63) is 69.3 Å². The van der Waals surface area contributed by atoms with Crippen LogP contribution in [0.2, 0.25) is 0 Å². The lowest BCUT2D eigenvalue weighted by Crippen LogP contribution is -2.08. The van der Waals surface area contributed by atoms with E-state index < -0.39 is 4.92 Å². The largest absolute Gasteiger partial charge is 0.489 e. The number of nitro benzene ring substituents is 1. The van der Waals surface area contributed by atoms with Gasteiger partial charge < -0.3 is 10.5 Å². The van der Waals surface area contributed by atoms with Crippen molar-refractivity contribution >= 4 is 5.69 Å². The smallest absolute Gasteiger partial charge is 0.269 e. The summed E-state index contributed by atoms with van der Waals surface area (Å²) >= 11 is 0. The second-order valence-corrected chi connectivity index (χ2v) is 5.04. The fourth-order valence-corrected chi connectivity index (χ4v) is 2.02. The van der Waals surface area contributed by atoms with E-state index in [0.29, 0.717) is 6.61 Å². The number of aryl methyl sites for hydroxylation is 1. The Bertz CT molecular complexity index is 636. The molecule has 2 aromatic rings. The van der Waals surface area contributed by atoms with Crippen LogP contribution in [0.15, 0.2) is 42.5 Å². The third kappa shape index (κ3) is 3.79. The predicted octanol–water partition coefficient (Wildman–Crippen LogP) is 3.50. The first-order valence-corrected chi connectivity index (χ1v) is 6.69. The number of nitrogens with zero attached hydrogens (tertiary/aromatic N) is 1. The Labute approximate surface area is 123 Å². The van der Waals surface area contributed by atoms with Crippen LogP contribution in [0.1, 0.15) is 29.7 Å². The quantitative estimate of drug-likeness (QED) is 0.674. The molecule has 0 unspecified atom stereocenters. The number of benzene rings is 2. The Kier molecular flexibility index (Phi) is 4.55. The number of hydrogen-bond donors (Lipinski definition) is 1. The minimum absolute atomic E-state index is 0.0746. The van der Waals surface area contributed by atoms with Crippen LogP contribution in [0.5, 0.6) is 5.75 Å². The van der Waals surface area contributed by atoms with Gasteiger partial charge >= 0.3 is 0 Å². The second kappa shape index (κ2) is 6.37. The summed E-state index contributed by atoms with van der Waals surface area (Å²) in [6.45, 7) is 4.24. The van der Waals surface area contributed by atoms with Gasteiger partial charge in [-0.2, -0.15) is 0 Å². The number of hydrogen-bond acceptors (Lipinski definition) is 4. The van der Waals surface area contributed by atoms with Gasteiger partial charge in [-0.25, -0.2) is 0 Å². The van der Waals surface area contributed by atoms with Crippen LogP contribution in [-0.2, 0) is 6.61 Å². The monoisotopic (exact) mass is 286 g/mol. The molecule has 21 heavy (non-hydrogen) atoms. The average molecular weight is 286 g/mol. The fourth-order valence-electron chi connectivity index (χ4n) is 2.02. The lowest BCUT2D eigenvalue weighted by molar-refractivity contribution is -0.384. The molecule has 0 saturated heterocycles. The Balaban J connectivity index is 2.12. The number of non-ortho nitro benzene ring substituents is 1. The van der Waals surface area contributed by atoms with Crippen molar-refractivity contribution in [2.45, 2.75) is 26.5 Å². The highest BCUT2D eigenvalue weighted by Gasteiger charge is 2.09. The average Bonchev–Trinajstić information content (AvgIpc) is 2.45. The lowest BCUT2D eigenvalue weighted by Gasteiger charge is -2.15. The third-order valence-electron chi connectivity index (χ3n) is 3.20. The molecule has 0 saturated carbocycles. The molecule has 5 heteroatoms. The van der Waals surface area contributed by atoms with E-state index in [9.17, 15) is 10.1 Å². The van der Waals surface area contributed by atoms with Crippen molar-refractivity contribution in [3.63, 3.8) is 0 Å². The molecule has 0 aliphatic heterocycles. The summed E-state index contributed by atoms with van der Waals surface area (Å²) in [5.41, 5.74) is 8.92. The fraction of sp³-hybridized carbons (Fsp3) is 0.250. The molecular weight excluding hydrogens is 268 g/mol. The zero-order valence-electron chi connectivity index (χ0n) is 12.1. The molecular formula is C16H18N2O3. The normalized spacial score (nSPS) is 12.0. The Hall–Kier alpha value is -2.40. The van der Waals surface area contributed by atoms with E-state index >= 15 is 0 Å². The summed E-state index contributed by atoms with van der Waals surface area (Å²) in [5, 5.41) is 10.6. The van der Waals surface area contributed by atoms with Gasteiger partial charge in [0.1, 0.15) is 12.4 Å². The standard InChI is InChI=1S/C16H18N2O3/c1-11-3-8-15(12(2)17)16(9-11)21-10-13-4-6-14(7-5-13)18(19)20/h3-9,12H,10,17H2,1-2H3/t12-/m0/s1. The molecule has 0 radical (unpaired) electrons. The highest BCUT2D eigenvalue weighted by atomic mass is 16.6. The molecule has 2 rings (SSSR count). The van der Waals surface area contributed by atoms with Crippen LogP contribution < -0.4 is 10.5 Å². The van der Waals surface area contributed by atoms with Gasteiger partial charge in [-0.1, -0.05) is 12.1 Å². The molecule has 110 valence electrons. The maximum absolute atomic E-state index is 10.6. The summed E-state index contributed by atoms with van der Waals surface area (Å²) in [7, 11) is 0. The molecule has 2 N–H and O–H groups in total. The molecule has 0 spiro atoms. The summed E-state index contributed by atoms with van der Waals surface area (Å²) < 4.78 is 5.82. The second-order valence-electron chi connectivity index (χ2n) is 5.04. The predicted molar refractivity (Wildman–Crippen MR) is 81.2 cm³/mol. The molecule has 0 amide bonds. The van der Waals surface area contributed by atoms with Crippen LogP contribution in [-0.4, -0.2) is 4.92 Å². The van der Waals surface area contributed by atoms with Crippen LogP contribution >= 0.6 is 0 Å². The maximum atomic E-state index is 10.6. The van der Waals surface area contributed by atoms with Crippen LogP contribution in [0, 0.1) is 17.0 Å². The van der Waals surface area contributed by atoms with Gasteiger partial charge in [-0.05, 0) is 43.2 Å². The number of nitrogens with two attached hydrogens (primary N) is 1. The van der Waals surface area contributed by atoms with Gasteiger partial charge in [0.25, 0.3) is 5.69 Å². The van der Waals surface area contributed by atoms with Crippen molar-refractivity contribution in [2.75, 3.05) is 0 Å². The van der Waals surface area contributed by atoms with Crippen molar-refractivity contribution in [1.29, 1.82) is 0 Å². The molecule has 0 aliphatic carbocycles. The van der Waals surface area contributed by atoms with E-state index in [1.165, 1.54) is 12.1 Å². The first kappa shape index (κ1) is 15.0. The highest BCUT2D eigenvalue weighted by Crippen LogP contribution is 2.26. The number of nitro groups is 1. The molecule has 0 bridgehead atoms. The third-order valence-corrected chi connectivity index (χ3v) is 3.20. The summed E-state index contributed by atoms with van der Waals surface area (Å²) in [4.78, 5) is 10.2. The van der Waals surface area contributed by atoms with Crippen molar-refractivity contribution < 1.29 is 9.66 Å². The van der Waals surface area contributed by atoms with Gasteiger partial charge in [-0.3, -0.25) is 10.1 Å². The van der Waals surface area contributed by atoms with Crippen molar-refractivity contribution in [2.24, 2.45) is 5.73 Å². The molecule has 0 fully saturated rings. The zero-order chi connectivity index (χ0) is 15.4. The number of rotatable bonds is 5. The Morgan fingerprint density at radius 2 is 1.90 bits per heavy atom. The minimum Gasteiger partial charge on any atom is -0.489 e. The van der Waals surface area contributed by atoms with Crippen LogP contribution in [0.25, 0.3) is 0 Å². The first-order valence-electron chi connectivity index (χ1n) is 6.69. The summed E-state index contributed by atoms with van der Waals surface area (Å²) in [5.74, 6) is 0.753. The van der Waals surface area contributed by atoms with E-state index in [0.717, 1.165) is 22.4 Å².